The zero-order valence-electron chi connectivity index (χ0n) is 16.3. The third-order valence-corrected chi connectivity index (χ3v) is 4.46. The van der Waals surface area contributed by atoms with Crippen LogP contribution in [-0.4, -0.2) is 18.4 Å². The van der Waals surface area contributed by atoms with Crippen LogP contribution in [0.1, 0.15) is 24.8 Å². The van der Waals surface area contributed by atoms with Crippen LogP contribution in [0.25, 0.3) is 0 Å². The van der Waals surface area contributed by atoms with Crippen molar-refractivity contribution in [1.82, 2.24) is 0 Å². The number of benzene rings is 3. The van der Waals surface area contributed by atoms with E-state index < -0.39 is 0 Å². The molecule has 0 aliphatic carbocycles. The van der Waals surface area contributed by atoms with Gasteiger partial charge in [0.15, 0.2) is 6.61 Å². The van der Waals surface area contributed by atoms with Crippen LogP contribution in [0.2, 0.25) is 0 Å². The maximum Gasteiger partial charge on any atom is 0.262 e. The minimum atomic E-state index is -0.249. The molecular formula is C24H24N2O3. The number of hydrogen-bond donors (Lipinski definition) is 2. The molecule has 0 saturated heterocycles. The first-order valence-electron chi connectivity index (χ1n) is 9.59. The van der Waals surface area contributed by atoms with Crippen molar-refractivity contribution in [3.63, 3.8) is 0 Å². The summed E-state index contributed by atoms with van der Waals surface area (Å²) in [7, 11) is 0. The monoisotopic (exact) mass is 388 g/mol. The highest BCUT2D eigenvalue weighted by Crippen LogP contribution is 2.23. The maximum atomic E-state index is 12.7. The zero-order valence-corrected chi connectivity index (χ0v) is 16.3. The van der Waals surface area contributed by atoms with Crippen molar-refractivity contribution in [1.29, 1.82) is 0 Å². The van der Waals surface area contributed by atoms with E-state index in [9.17, 15) is 9.59 Å². The van der Waals surface area contributed by atoms with Crippen molar-refractivity contribution in [3.8, 4) is 5.75 Å². The lowest BCUT2D eigenvalue weighted by molar-refractivity contribution is -0.118. The quantitative estimate of drug-likeness (QED) is 0.580. The van der Waals surface area contributed by atoms with Gasteiger partial charge in [0, 0.05) is 17.4 Å². The maximum absolute atomic E-state index is 12.7. The van der Waals surface area contributed by atoms with Gasteiger partial charge in [-0.05, 0) is 36.2 Å². The second-order valence-corrected chi connectivity index (χ2v) is 6.59. The van der Waals surface area contributed by atoms with E-state index in [4.69, 9.17) is 4.74 Å². The average molecular weight is 388 g/mol. The largest absolute Gasteiger partial charge is 0.484 e. The Hall–Kier alpha value is -3.60. The van der Waals surface area contributed by atoms with E-state index in [1.54, 1.807) is 24.3 Å². The van der Waals surface area contributed by atoms with E-state index in [2.05, 4.69) is 10.6 Å². The van der Waals surface area contributed by atoms with E-state index >= 15 is 0 Å². The predicted octanol–water partition coefficient (Wildman–Crippen LogP) is 4.84. The van der Waals surface area contributed by atoms with E-state index in [0.717, 1.165) is 5.56 Å². The molecule has 1 atom stereocenters. The fourth-order valence-electron chi connectivity index (χ4n) is 3.02. The highest BCUT2D eigenvalue weighted by Gasteiger charge is 2.18. The lowest BCUT2D eigenvalue weighted by Crippen LogP contribution is -2.21. The molecule has 148 valence electrons. The molecule has 0 fully saturated rings. The third kappa shape index (κ3) is 5.94. The molecule has 3 rings (SSSR count). The molecule has 2 N–H and O–H groups in total. The highest BCUT2D eigenvalue weighted by atomic mass is 16.5. The minimum Gasteiger partial charge on any atom is -0.484 e. The molecule has 0 aliphatic heterocycles. The topological polar surface area (TPSA) is 67.4 Å². The summed E-state index contributed by atoms with van der Waals surface area (Å²) in [5, 5.41) is 5.71. The molecule has 5 nitrogen and oxygen atoms in total. The molecule has 0 heterocycles. The minimum absolute atomic E-state index is 0.0716. The van der Waals surface area contributed by atoms with Gasteiger partial charge in [-0.1, -0.05) is 61.5 Å². The van der Waals surface area contributed by atoms with Crippen molar-refractivity contribution < 1.29 is 14.3 Å². The molecule has 1 unspecified atom stereocenters. The summed E-state index contributed by atoms with van der Waals surface area (Å²) in [6.07, 6.45) is 0.700. The number of rotatable bonds is 8. The van der Waals surface area contributed by atoms with Gasteiger partial charge in [0.25, 0.3) is 5.91 Å². The van der Waals surface area contributed by atoms with Gasteiger partial charge in [-0.15, -0.1) is 0 Å². The summed E-state index contributed by atoms with van der Waals surface area (Å²) < 4.78 is 5.57. The fourth-order valence-corrected chi connectivity index (χ4v) is 3.02. The van der Waals surface area contributed by atoms with Crippen molar-refractivity contribution >= 4 is 23.2 Å². The Balaban J connectivity index is 1.57. The van der Waals surface area contributed by atoms with E-state index in [-0.39, 0.29) is 24.3 Å². The Bertz CT molecular complexity index is 943. The molecule has 0 aliphatic rings. The van der Waals surface area contributed by atoms with Gasteiger partial charge < -0.3 is 15.4 Å². The van der Waals surface area contributed by atoms with Crippen molar-refractivity contribution in [2.45, 2.75) is 19.3 Å². The summed E-state index contributed by atoms with van der Waals surface area (Å²) >= 11 is 0. The molecule has 3 aromatic carbocycles. The highest BCUT2D eigenvalue weighted by molar-refractivity contribution is 5.96. The predicted molar refractivity (Wildman–Crippen MR) is 115 cm³/mol. The number of anilines is 2. The first-order valence-corrected chi connectivity index (χ1v) is 9.59. The van der Waals surface area contributed by atoms with Gasteiger partial charge in [0.2, 0.25) is 5.91 Å². The molecule has 0 radical (unpaired) electrons. The Morgan fingerprint density at radius 1 is 0.828 bits per heavy atom. The van der Waals surface area contributed by atoms with Crippen LogP contribution in [-0.2, 0) is 9.59 Å². The van der Waals surface area contributed by atoms with E-state index in [1.807, 2.05) is 67.6 Å². The van der Waals surface area contributed by atoms with Crippen molar-refractivity contribution in [2.24, 2.45) is 0 Å². The van der Waals surface area contributed by atoms with E-state index in [1.165, 1.54) is 0 Å². The second-order valence-electron chi connectivity index (χ2n) is 6.59. The van der Waals surface area contributed by atoms with Crippen LogP contribution >= 0.6 is 0 Å². The normalized spacial score (nSPS) is 11.3. The molecule has 0 aromatic heterocycles. The molecule has 3 aromatic rings. The number of ether oxygens (including phenoxy) is 1. The Morgan fingerprint density at radius 3 is 2.17 bits per heavy atom. The standard InChI is InChI=1S/C24H24N2O3/c1-2-22(18-10-5-3-6-11-18)24(28)26-20-14-9-15-21(16-20)29-17-23(27)25-19-12-7-4-8-13-19/h3-16,22H,2,17H2,1H3,(H,25,27)(H,26,28). The Morgan fingerprint density at radius 2 is 1.48 bits per heavy atom. The number of para-hydroxylation sites is 1. The third-order valence-electron chi connectivity index (χ3n) is 4.46. The van der Waals surface area contributed by atoms with Crippen LogP contribution in [0.15, 0.2) is 84.9 Å². The number of nitrogens with one attached hydrogen (secondary N) is 2. The Labute approximate surface area is 170 Å². The lowest BCUT2D eigenvalue weighted by Gasteiger charge is -2.16. The summed E-state index contributed by atoms with van der Waals surface area (Å²) in [6, 6.07) is 26.0. The fraction of sp³-hybridized carbons (Fsp3) is 0.167. The molecule has 2 amide bonds. The number of carbonyl (C=O) groups is 2. The van der Waals surface area contributed by atoms with Crippen LogP contribution in [0.3, 0.4) is 0 Å². The van der Waals surface area contributed by atoms with Gasteiger partial charge in [0.05, 0.1) is 5.92 Å². The van der Waals surface area contributed by atoms with Gasteiger partial charge >= 0.3 is 0 Å². The smallest absolute Gasteiger partial charge is 0.262 e. The lowest BCUT2D eigenvalue weighted by atomic mass is 9.95. The number of amides is 2. The average Bonchev–Trinajstić information content (AvgIpc) is 2.75. The summed E-state index contributed by atoms with van der Waals surface area (Å²) in [4.78, 5) is 24.7. The first-order chi connectivity index (χ1) is 14.2. The molecule has 5 heteroatoms. The first kappa shape index (κ1) is 20.1. The van der Waals surface area contributed by atoms with Crippen LogP contribution in [0, 0.1) is 0 Å². The van der Waals surface area contributed by atoms with Gasteiger partial charge in [-0.25, -0.2) is 0 Å². The van der Waals surface area contributed by atoms with E-state index in [0.29, 0.717) is 23.5 Å². The van der Waals surface area contributed by atoms with Gasteiger partial charge in [-0.3, -0.25) is 9.59 Å². The van der Waals surface area contributed by atoms with Crippen molar-refractivity contribution in [3.05, 3.63) is 90.5 Å². The SMILES string of the molecule is CCC(C(=O)Nc1cccc(OCC(=O)Nc2ccccc2)c1)c1ccccc1. The molecular weight excluding hydrogens is 364 g/mol. The summed E-state index contributed by atoms with van der Waals surface area (Å²) in [6.45, 7) is 1.87. The summed E-state index contributed by atoms with van der Waals surface area (Å²) in [5.74, 6) is -0.0328. The van der Waals surface area contributed by atoms with Gasteiger partial charge in [0.1, 0.15) is 5.75 Å². The van der Waals surface area contributed by atoms with Crippen LogP contribution < -0.4 is 15.4 Å². The van der Waals surface area contributed by atoms with Crippen LogP contribution in [0.4, 0.5) is 11.4 Å². The molecule has 0 bridgehead atoms. The molecule has 29 heavy (non-hydrogen) atoms. The Kier molecular flexibility index (Phi) is 7.00. The van der Waals surface area contributed by atoms with Crippen molar-refractivity contribution in [2.75, 3.05) is 17.2 Å². The van der Waals surface area contributed by atoms with Crippen LogP contribution in [0.5, 0.6) is 5.75 Å². The second kappa shape index (κ2) is 10.1. The number of carbonyl (C=O) groups excluding carboxylic acids is 2. The zero-order chi connectivity index (χ0) is 20.5. The number of hydrogen-bond acceptors (Lipinski definition) is 3. The molecule has 0 saturated carbocycles. The molecule has 0 spiro atoms. The van der Waals surface area contributed by atoms with Gasteiger partial charge in [-0.2, -0.15) is 0 Å². The summed E-state index contributed by atoms with van der Waals surface area (Å²) in [5.41, 5.74) is 2.33.